The molecule has 166 valence electrons. The van der Waals surface area contributed by atoms with E-state index in [2.05, 4.69) is 9.80 Å². The van der Waals surface area contributed by atoms with Gasteiger partial charge < -0.3 is 31.5 Å². The highest BCUT2D eigenvalue weighted by atomic mass is 16.4. The van der Waals surface area contributed by atoms with Gasteiger partial charge in [0.05, 0.1) is 0 Å². The molecule has 0 aromatic rings. The van der Waals surface area contributed by atoms with Crippen LogP contribution in [0.5, 0.6) is 0 Å². The van der Waals surface area contributed by atoms with Crippen LogP contribution in [-0.2, 0) is 9.59 Å². The zero-order chi connectivity index (χ0) is 21.0. The largest absolute Gasteiger partial charge is 0.481 e. The van der Waals surface area contributed by atoms with E-state index in [9.17, 15) is 9.59 Å². The van der Waals surface area contributed by atoms with E-state index in [4.69, 9.17) is 21.7 Å². The Balaban J connectivity index is 0.000000521. The average molecular weight is 403 g/mol. The van der Waals surface area contributed by atoms with Crippen LogP contribution in [0.4, 0.5) is 0 Å². The van der Waals surface area contributed by atoms with E-state index >= 15 is 0 Å². The molecule has 0 bridgehead atoms. The third-order valence-electron chi connectivity index (χ3n) is 4.85. The highest BCUT2D eigenvalue weighted by Crippen LogP contribution is 2.08. The fourth-order valence-corrected chi connectivity index (χ4v) is 3.13. The molecular formula is C20H42N4O4. The van der Waals surface area contributed by atoms with Gasteiger partial charge in [0, 0.05) is 39.0 Å². The standard InChI is InChI=1S/C10H24N4.C10H18O4/c11-3-1-5-13-7-9-14(10-8-13)6-2-4-12;11-9(12)7-5-3-1-2-4-6-8-10(13)14/h1-12H2;1-8H2,(H,11,12)(H,13,14). The van der Waals surface area contributed by atoms with E-state index in [1.165, 1.54) is 39.3 Å². The highest BCUT2D eigenvalue weighted by Gasteiger charge is 2.15. The van der Waals surface area contributed by atoms with Crippen molar-refractivity contribution in [2.45, 2.75) is 64.2 Å². The lowest BCUT2D eigenvalue weighted by Crippen LogP contribution is -2.47. The van der Waals surface area contributed by atoms with Crippen LogP contribution in [0.3, 0.4) is 0 Å². The summed E-state index contributed by atoms with van der Waals surface area (Å²) in [5, 5.41) is 16.7. The maximum Gasteiger partial charge on any atom is 0.303 e. The SMILES string of the molecule is NCCCN1CCN(CCCN)CC1.O=C(O)CCCCCCCCC(=O)O. The smallest absolute Gasteiger partial charge is 0.303 e. The molecule has 1 fully saturated rings. The summed E-state index contributed by atoms with van der Waals surface area (Å²) in [7, 11) is 0. The number of carboxylic acids is 2. The summed E-state index contributed by atoms with van der Waals surface area (Å²) in [4.78, 5) is 25.3. The number of carboxylic acid groups (broad SMARTS) is 2. The predicted molar refractivity (Wildman–Crippen MR) is 112 cm³/mol. The molecule has 1 aliphatic heterocycles. The van der Waals surface area contributed by atoms with Crippen molar-refractivity contribution in [3.05, 3.63) is 0 Å². The molecule has 0 saturated carbocycles. The molecule has 1 aliphatic rings. The number of nitrogens with two attached hydrogens (primary N) is 2. The fourth-order valence-electron chi connectivity index (χ4n) is 3.13. The summed E-state index contributed by atoms with van der Waals surface area (Å²) in [6, 6.07) is 0. The second-order valence-electron chi connectivity index (χ2n) is 7.38. The van der Waals surface area contributed by atoms with E-state index in [1.807, 2.05) is 0 Å². The number of piperazine rings is 1. The Bertz CT molecular complexity index is 352. The summed E-state index contributed by atoms with van der Waals surface area (Å²) in [5.74, 6) is -1.48. The van der Waals surface area contributed by atoms with E-state index < -0.39 is 11.9 Å². The van der Waals surface area contributed by atoms with Gasteiger partial charge in [0.15, 0.2) is 0 Å². The van der Waals surface area contributed by atoms with Gasteiger partial charge in [0.25, 0.3) is 0 Å². The Morgan fingerprint density at radius 3 is 1.21 bits per heavy atom. The van der Waals surface area contributed by atoms with E-state index in [1.54, 1.807) is 0 Å². The van der Waals surface area contributed by atoms with Gasteiger partial charge in [-0.25, -0.2) is 0 Å². The summed E-state index contributed by atoms with van der Waals surface area (Å²) < 4.78 is 0. The second-order valence-corrected chi connectivity index (χ2v) is 7.38. The van der Waals surface area contributed by atoms with Gasteiger partial charge in [-0.2, -0.15) is 0 Å². The van der Waals surface area contributed by atoms with Crippen LogP contribution in [0.2, 0.25) is 0 Å². The molecule has 0 radical (unpaired) electrons. The molecule has 8 heteroatoms. The van der Waals surface area contributed by atoms with E-state index in [0.717, 1.165) is 64.5 Å². The van der Waals surface area contributed by atoms with Gasteiger partial charge in [-0.1, -0.05) is 25.7 Å². The van der Waals surface area contributed by atoms with Crippen molar-refractivity contribution in [1.29, 1.82) is 0 Å². The normalized spacial score (nSPS) is 15.1. The van der Waals surface area contributed by atoms with Crippen LogP contribution in [0.25, 0.3) is 0 Å². The first kappa shape index (κ1) is 26.8. The molecule has 28 heavy (non-hydrogen) atoms. The van der Waals surface area contributed by atoms with Crippen molar-refractivity contribution in [3.8, 4) is 0 Å². The van der Waals surface area contributed by atoms with Crippen LogP contribution in [0, 0.1) is 0 Å². The fraction of sp³-hybridized carbons (Fsp3) is 0.900. The zero-order valence-corrected chi connectivity index (χ0v) is 17.5. The second kappa shape index (κ2) is 19.1. The van der Waals surface area contributed by atoms with Gasteiger partial charge in [-0.15, -0.1) is 0 Å². The molecule has 0 atom stereocenters. The summed E-state index contributed by atoms with van der Waals surface area (Å²) >= 11 is 0. The number of hydrogen-bond acceptors (Lipinski definition) is 6. The van der Waals surface area contributed by atoms with Crippen molar-refractivity contribution in [2.24, 2.45) is 11.5 Å². The summed E-state index contributed by atoms with van der Waals surface area (Å²) in [6.07, 6.45) is 8.08. The topological polar surface area (TPSA) is 133 Å². The lowest BCUT2D eigenvalue weighted by atomic mass is 10.1. The number of carbonyl (C=O) groups is 2. The van der Waals surface area contributed by atoms with Gasteiger partial charge in [-0.05, 0) is 51.9 Å². The molecule has 0 unspecified atom stereocenters. The minimum absolute atomic E-state index is 0.245. The molecule has 1 rings (SSSR count). The molecular weight excluding hydrogens is 360 g/mol. The van der Waals surface area contributed by atoms with Gasteiger partial charge in [0.2, 0.25) is 0 Å². The summed E-state index contributed by atoms with van der Waals surface area (Å²) in [5.41, 5.74) is 11.0. The monoisotopic (exact) mass is 402 g/mol. The number of nitrogens with zero attached hydrogens (tertiary/aromatic N) is 2. The van der Waals surface area contributed by atoms with Crippen molar-refractivity contribution in [2.75, 3.05) is 52.4 Å². The Morgan fingerprint density at radius 1 is 0.607 bits per heavy atom. The number of rotatable bonds is 15. The zero-order valence-electron chi connectivity index (χ0n) is 17.5. The molecule has 0 aliphatic carbocycles. The maximum atomic E-state index is 10.1. The van der Waals surface area contributed by atoms with Crippen LogP contribution < -0.4 is 11.5 Å². The predicted octanol–water partition coefficient (Wildman–Crippen LogP) is 1.58. The minimum Gasteiger partial charge on any atom is -0.481 e. The third-order valence-corrected chi connectivity index (χ3v) is 4.85. The van der Waals surface area contributed by atoms with Crippen molar-refractivity contribution in [3.63, 3.8) is 0 Å². The van der Waals surface area contributed by atoms with Crippen LogP contribution in [0.1, 0.15) is 64.2 Å². The van der Waals surface area contributed by atoms with Crippen LogP contribution >= 0.6 is 0 Å². The van der Waals surface area contributed by atoms with E-state index in [0.29, 0.717) is 0 Å². The Hall–Kier alpha value is -1.22. The number of unbranched alkanes of at least 4 members (excludes halogenated alkanes) is 5. The number of aliphatic carboxylic acids is 2. The van der Waals surface area contributed by atoms with Gasteiger partial charge in [0.1, 0.15) is 0 Å². The quantitative estimate of drug-likeness (QED) is 0.303. The minimum atomic E-state index is -0.740. The maximum absolute atomic E-state index is 10.1. The molecule has 1 saturated heterocycles. The summed E-state index contributed by atoms with van der Waals surface area (Å²) in [6.45, 7) is 8.76. The first-order valence-corrected chi connectivity index (χ1v) is 10.8. The molecule has 0 amide bonds. The molecule has 8 nitrogen and oxygen atoms in total. The molecule has 0 aromatic carbocycles. The molecule has 6 N–H and O–H groups in total. The highest BCUT2D eigenvalue weighted by molar-refractivity contribution is 5.66. The average Bonchev–Trinajstić information content (AvgIpc) is 2.67. The van der Waals surface area contributed by atoms with E-state index in [-0.39, 0.29) is 12.8 Å². The lowest BCUT2D eigenvalue weighted by Gasteiger charge is -2.34. The van der Waals surface area contributed by atoms with Crippen LogP contribution in [-0.4, -0.2) is 84.3 Å². The molecule has 0 spiro atoms. The number of hydrogen-bond donors (Lipinski definition) is 4. The van der Waals surface area contributed by atoms with Crippen molar-refractivity contribution < 1.29 is 19.8 Å². The molecule has 0 aromatic heterocycles. The molecule has 1 heterocycles. The Morgan fingerprint density at radius 2 is 0.929 bits per heavy atom. The Labute approximate surface area is 170 Å². The van der Waals surface area contributed by atoms with Gasteiger partial charge in [-0.3, -0.25) is 9.59 Å². The van der Waals surface area contributed by atoms with Gasteiger partial charge >= 0.3 is 11.9 Å². The Kier molecular flexibility index (Phi) is 18.3. The van der Waals surface area contributed by atoms with Crippen LogP contribution in [0.15, 0.2) is 0 Å². The first-order chi connectivity index (χ1) is 13.5. The van der Waals surface area contributed by atoms with Crippen molar-refractivity contribution in [1.82, 2.24) is 9.80 Å². The lowest BCUT2D eigenvalue weighted by molar-refractivity contribution is -0.138. The van der Waals surface area contributed by atoms with Crippen molar-refractivity contribution >= 4 is 11.9 Å². The first-order valence-electron chi connectivity index (χ1n) is 10.8. The third kappa shape index (κ3) is 18.2.